The van der Waals surface area contributed by atoms with Crippen LogP contribution in [0.1, 0.15) is 0 Å². The molecule has 4 rings (SSSR count). The van der Waals surface area contributed by atoms with E-state index < -0.39 is 0 Å². The fourth-order valence-corrected chi connectivity index (χ4v) is 2.21. The van der Waals surface area contributed by atoms with Gasteiger partial charge in [0.05, 0.1) is 11.9 Å². The fraction of sp³-hybridized carbons (Fsp3) is 0. The molecule has 0 spiro atoms. The van der Waals surface area contributed by atoms with Crippen LogP contribution in [-0.2, 0) is 0 Å². The summed E-state index contributed by atoms with van der Waals surface area (Å²) in [7, 11) is 0. The van der Waals surface area contributed by atoms with Gasteiger partial charge in [-0.15, -0.1) is 0 Å². The summed E-state index contributed by atoms with van der Waals surface area (Å²) in [6.07, 6.45) is 9.23. The molecular weight excluding hydrogens is 226 g/mol. The van der Waals surface area contributed by atoms with Gasteiger partial charge < -0.3 is 4.98 Å². The van der Waals surface area contributed by atoms with Crippen molar-refractivity contribution in [3.8, 4) is 11.3 Å². The minimum Gasteiger partial charge on any atom is -0.346 e. The van der Waals surface area contributed by atoms with Crippen molar-refractivity contribution >= 4 is 16.8 Å². The van der Waals surface area contributed by atoms with Crippen molar-refractivity contribution in [1.82, 2.24) is 24.3 Å². The molecule has 0 aromatic carbocycles. The maximum Gasteiger partial charge on any atom is 0.234 e. The predicted octanol–water partition coefficient (Wildman–Crippen LogP) is 2.27. The Morgan fingerprint density at radius 1 is 1.06 bits per heavy atom. The zero-order valence-corrected chi connectivity index (χ0v) is 9.41. The minimum atomic E-state index is 0.702. The van der Waals surface area contributed by atoms with E-state index in [1.807, 2.05) is 41.2 Å². The highest BCUT2D eigenvalue weighted by molar-refractivity contribution is 5.92. The number of fused-ring (bicyclic) bond motifs is 2. The van der Waals surface area contributed by atoms with Gasteiger partial charge in [0.1, 0.15) is 5.65 Å². The topological polar surface area (TPSA) is 58.9 Å². The molecule has 0 atom stereocenters. The van der Waals surface area contributed by atoms with E-state index in [2.05, 4.69) is 19.9 Å². The van der Waals surface area contributed by atoms with Crippen LogP contribution in [-0.4, -0.2) is 24.3 Å². The lowest BCUT2D eigenvalue weighted by Crippen LogP contribution is -1.90. The smallest absolute Gasteiger partial charge is 0.234 e. The molecule has 4 aromatic heterocycles. The van der Waals surface area contributed by atoms with Crippen molar-refractivity contribution in [3.05, 3.63) is 49.2 Å². The summed E-state index contributed by atoms with van der Waals surface area (Å²) in [4.78, 5) is 15.9. The Morgan fingerprint density at radius 2 is 2.06 bits per heavy atom. The summed E-state index contributed by atoms with van der Waals surface area (Å²) in [5.41, 5.74) is 3.00. The van der Waals surface area contributed by atoms with E-state index in [9.17, 15) is 0 Å². The molecule has 1 N–H and O–H groups in total. The minimum absolute atomic E-state index is 0.702. The number of H-pyrrole nitrogens is 1. The number of aromatic nitrogens is 5. The Morgan fingerprint density at radius 3 is 3.06 bits per heavy atom. The Kier molecular flexibility index (Phi) is 1.77. The monoisotopic (exact) mass is 235 g/mol. The summed E-state index contributed by atoms with van der Waals surface area (Å²) in [5.74, 6) is 0.702. The normalized spacial score (nSPS) is 11.3. The number of nitrogens with zero attached hydrogens (tertiary/aromatic N) is 4. The molecule has 0 aliphatic rings. The van der Waals surface area contributed by atoms with Gasteiger partial charge in [0.2, 0.25) is 5.78 Å². The lowest BCUT2D eigenvalue weighted by atomic mass is 10.1. The molecule has 5 heteroatoms. The molecule has 0 amide bonds. The number of rotatable bonds is 1. The van der Waals surface area contributed by atoms with Crippen molar-refractivity contribution in [3.63, 3.8) is 0 Å². The molecule has 0 bridgehead atoms. The van der Waals surface area contributed by atoms with E-state index in [0.717, 1.165) is 22.3 Å². The zero-order valence-electron chi connectivity index (χ0n) is 9.41. The predicted molar refractivity (Wildman–Crippen MR) is 68.1 cm³/mol. The van der Waals surface area contributed by atoms with Crippen molar-refractivity contribution in [2.45, 2.75) is 0 Å². The molecule has 0 aliphatic heterocycles. The molecule has 4 aromatic rings. The second-order valence-corrected chi connectivity index (χ2v) is 4.03. The average Bonchev–Trinajstić information content (AvgIpc) is 3.05. The molecule has 0 aliphatic carbocycles. The van der Waals surface area contributed by atoms with E-state index in [-0.39, 0.29) is 0 Å². The van der Waals surface area contributed by atoms with Gasteiger partial charge in [0, 0.05) is 35.7 Å². The molecule has 4 heterocycles. The highest BCUT2D eigenvalue weighted by Gasteiger charge is 2.10. The maximum absolute atomic E-state index is 4.31. The standard InChI is InChI=1S/C13H9N5/c1-4-16-13-17-8-11(18(13)7-1)9-2-5-14-12-10(9)3-6-15-12/h1-8H,(H,14,15). The van der Waals surface area contributed by atoms with Crippen LogP contribution in [0.5, 0.6) is 0 Å². The van der Waals surface area contributed by atoms with Crippen LogP contribution < -0.4 is 0 Å². The van der Waals surface area contributed by atoms with Crippen molar-refractivity contribution in [2.24, 2.45) is 0 Å². The molecule has 0 saturated carbocycles. The summed E-state index contributed by atoms with van der Waals surface area (Å²) in [6, 6.07) is 5.91. The van der Waals surface area contributed by atoms with Gasteiger partial charge in [0.25, 0.3) is 0 Å². The van der Waals surface area contributed by atoms with Crippen LogP contribution in [0, 0.1) is 0 Å². The number of imidazole rings is 1. The van der Waals surface area contributed by atoms with E-state index in [4.69, 9.17) is 0 Å². The van der Waals surface area contributed by atoms with Gasteiger partial charge in [0.15, 0.2) is 0 Å². The molecule has 5 nitrogen and oxygen atoms in total. The quantitative estimate of drug-likeness (QED) is 0.550. The van der Waals surface area contributed by atoms with Crippen LogP contribution >= 0.6 is 0 Å². The van der Waals surface area contributed by atoms with Gasteiger partial charge in [-0.3, -0.25) is 4.40 Å². The molecule has 0 unspecified atom stereocenters. The molecule has 86 valence electrons. The fourth-order valence-electron chi connectivity index (χ4n) is 2.21. The van der Waals surface area contributed by atoms with E-state index in [1.165, 1.54) is 0 Å². The lowest BCUT2D eigenvalue weighted by Gasteiger charge is -2.02. The Bertz CT molecular complexity index is 842. The zero-order chi connectivity index (χ0) is 11.9. The van der Waals surface area contributed by atoms with E-state index in [0.29, 0.717) is 5.78 Å². The van der Waals surface area contributed by atoms with Gasteiger partial charge in [-0.25, -0.2) is 15.0 Å². The Hall–Kier alpha value is -2.69. The van der Waals surface area contributed by atoms with Gasteiger partial charge in [-0.2, -0.15) is 0 Å². The largest absolute Gasteiger partial charge is 0.346 e. The highest BCUT2D eigenvalue weighted by Crippen LogP contribution is 2.26. The van der Waals surface area contributed by atoms with Crippen molar-refractivity contribution < 1.29 is 0 Å². The van der Waals surface area contributed by atoms with Crippen LogP contribution in [0.25, 0.3) is 28.1 Å². The third-order valence-electron chi connectivity index (χ3n) is 3.02. The molecule has 18 heavy (non-hydrogen) atoms. The molecule has 0 radical (unpaired) electrons. The first-order valence-electron chi connectivity index (χ1n) is 5.64. The number of nitrogens with one attached hydrogen (secondary N) is 1. The summed E-state index contributed by atoms with van der Waals surface area (Å²) < 4.78 is 1.97. The number of aromatic amines is 1. The highest BCUT2D eigenvalue weighted by atomic mass is 15.1. The van der Waals surface area contributed by atoms with Crippen molar-refractivity contribution in [2.75, 3.05) is 0 Å². The first-order valence-corrected chi connectivity index (χ1v) is 5.64. The number of pyridine rings is 1. The van der Waals surface area contributed by atoms with Crippen LogP contribution in [0.15, 0.2) is 49.2 Å². The number of hydrogen-bond acceptors (Lipinski definition) is 3. The third kappa shape index (κ3) is 1.18. The number of hydrogen-bond donors (Lipinski definition) is 1. The summed E-state index contributed by atoms with van der Waals surface area (Å²) >= 11 is 0. The van der Waals surface area contributed by atoms with Gasteiger partial charge >= 0.3 is 0 Å². The van der Waals surface area contributed by atoms with Gasteiger partial charge in [-0.05, 0) is 18.2 Å². The van der Waals surface area contributed by atoms with Crippen LogP contribution in [0.2, 0.25) is 0 Å². The molecule has 0 saturated heterocycles. The molecule has 0 fully saturated rings. The Balaban J connectivity index is 2.10. The SMILES string of the molecule is c1cnc2ncc(-c3ccnc4[nH]ccc34)n2c1. The second-order valence-electron chi connectivity index (χ2n) is 4.03. The molecular formula is C13H9N5. The van der Waals surface area contributed by atoms with Crippen LogP contribution in [0.3, 0.4) is 0 Å². The van der Waals surface area contributed by atoms with Crippen molar-refractivity contribution in [1.29, 1.82) is 0 Å². The average molecular weight is 235 g/mol. The maximum atomic E-state index is 4.31. The van der Waals surface area contributed by atoms with Crippen LogP contribution in [0.4, 0.5) is 0 Å². The Labute approximate surface area is 102 Å². The second kappa shape index (κ2) is 3.40. The first kappa shape index (κ1) is 9.35. The van der Waals surface area contributed by atoms with Gasteiger partial charge in [-0.1, -0.05) is 0 Å². The first-order chi connectivity index (χ1) is 8.93. The lowest BCUT2D eigenvalue weighted by molar-refractivity contribution is 1.11. The van der Waals surface area contributed by atoms with E-state index in [1.54, 1.807) is 12.4 Å². The van der Waals surface area contributed by atoms with E-state index >= 15 is 0 Å². The summed E-state index contributed by atoms with van der Waals surface area (Å²) in [6.45, 7) is 0. The summed E-state index contributed by atoms with van der Waals surface area (Å²) in [5, 5.41) is 1.09. The third-order valence-corrected chi connectivity index (χ3v) is 3.02.